The molecular weight excluding hydrogens is 1500 g/mol. The third-order valence-corrected chi connectivity index (χ3v) is 11.0. The summed E-state index contributed by atoms with van der Waals surface area (Å²) in [6.07, 6.45) is 8.99. The van der Waals surface area contributed by atoms with Crippen LogP contribution in [0, 0.1) is 13.8 Å². The van der Waals surface area contributed by atoms with E-state index in [9.17, 15) is 23.4 Å². The van der Waals surface area contributed by atoms with Crippen molar-refractivity contribution in [2.45, 2.75) is 38.7 Å². The summed E-state index contributed by atoms with van der Waals surface area (Å²) in [4.78, 5) is 25.0. The Hall–Kier alpha value is -2.81. The van der Waals surface area contributed by atoms with Gasteiger partial charge in [0.05, 0.1) is 46.3 Å². The number of rotatable bonds is 11. The first-order chi connectivity index (χ1) is 31.0. The maximum atomic E-state index is 13.1. The van der Waals surface area contributed by atoms with Crippen molar-refractivity contribution >= 4 is 138 Å². The molecule has 0 saturated carbocycles. The van der Waals surface area contributed by atoms with Crippen molar-refractivity contribution in [1.29, 1.82) is 0 Å². The molecule has 1 fully saturated rings. The van der Waals surface area contributed by atoms with E-state index in [1.165, 1.54) is 29.3 Å². The molecule has 16 nitrogen and oxygen atoms in total. The summed E-state index contributed by atoms with van der Waals surface area (Å²) in [6.45, 7) is 8.68. The van der Waals surface area contributed by atoms with Gasteiger partial charge >= 0.3 is 70.8 Å². The number of halogens is 5. The Morgan fingerprint density at radius 3 is 1.56 bits per heavy atom. The SMILES string of the molecule is CC(C)Oc1ccc(S(=O)(=O)N2CCN(c3ccc(-c4ncco4)c(OCC(=O)O)c3)CC2)cc1.Cc1ccc(-c2ncco2)c(O)c1.Cc1ccc(-c2ncco2)c(O)c1.I.I.[BH4-].[I][V]([I])[I]. The fourth-order valence-corrected chi connectivity index (χ4v) is 7.58. The van der Waals surface area contributed by atoms with Crippen LogP contribution in [-0.2, 0) is 19.7 Å². The first-order valence-corrected chi connectivity index (χ1v) is 34.5. The van der Waals surface area contributed by atoms with E-state index < -0.39 is 22.6 Å². The van der Waals surface area contributed by atoms with Gasteiger partial charge in [0.15, 0.2) is 6.61 Å². The maximum absolute atomic E-state index is 13.1. The van der Waals surface area contributed by atoms with Gasteiger partial charge in [-0.15, -0.1) is 48.0 Å². The molecule has 0 atom stereocenters. The molecule has 0 amide bonds. The number of carboxylic acid groups (broad SMARTS) is 1. The van der Waals surface area contributed by atoms with Crippen molar-refractivity contribution in [3.63, 3.8) is 0 Å². The van der Waals surface area contributed by atoms with E-state index in [0.29, 0.717) is 72.0 Å². The van der Waals surface area contributed by atoms with E-state index in [0.717, 1.165) is 16.8 Å². The van der Waals surface area contributed by atoms with Crippen molar-refractivity contribution in [2.75, 3.05) is 37.7 Å². The average molecular weight is 1550 g/mol. The number of aryl methyl sites for hydroxylation is 2. The van der Waals surface area contributed by atoms with E-state index in [4.69, 9.17) is 27.8 Å². The van der Waals surface area contributed by atoms with E-state index in [2.05, 4.69) is 74.9 Å². The molecule has 0 aliphatic carbocycles. The number of hydrogen-bond acceptors (Lipinski definition) is 14. The summed E-state index contributed by atoms with van der Waals surface area (Å²) in [6, 6.07) is 22.5. The van der Waals surface area contributed by atoms with Crippen LogP contribution in [0.1, 0.15) is 25.0 Å². The van der Waals surface area contributed by atoms with Crippen molar-refractivity contribution in [2.24, 2.45) is 0 Å². The zero-order valence-corrected chi connectivity index (χ0v) is 49.6. The topological polar surface area (TPSA) is 215 Å². The Balaban J connectivity index is 0.000000393. The molecule has 8 rings (SSSR count). The van der Waals surface area contributed by atoms with Crippen molar-refractivity contribution < 1.29 is 56.2 Å². The van der Waals surface area contributed by atoms with Crippen LogP contribution < -0.4 is 14.4 Å². The Morgan fingerprint density at radius 2 is 1.16 bits per heavy atom. The standard InChI is InChI=1S/C24H27N3O7S.2C10H9NO2.BH4.5HI.V/c1-17(2)34-19-4-6-20(7-5-19)35(30,31)27-12-10-26(11-13-27)18-3-8-21(24-25-9-14-32-24)22(15-18)33-16-23(28)29;2*1-7-2-3-8(9(12)6-7)10-11-4-5-13-10;;;;;;;/h3-9,14-15,17H,10-13,16H2,1-2H3,(H,28,29);2*2-6,12H,1H3;1H4;5*1H;/q;;;-1;;;;;;+3/p-3. The summed E-state index contributed by atoms with van der Waals surface area (Å²) < 4.78 is 54.2. The number of phenolic OH excluding ortho intramolecular Hbond substituents is 2. The van der Waals surface area contributed by atoms with Crippen LogP contribution in [0.3, 0.4) is 0 Å². The summed E-state index contributed by atoms with van der Waals surface area (Å²) in [5, 5.41) is 28.1. The molecule has 3 aromatic heterocycles. The Kier molecular flexibility index (Phi) is 27.2. The molecule has 4 aromatic carbocycles. The van der Waals surface area contributed by atoms with Crippen LogP contribution in [0.4, 0.5) is 5.69 Å². The third-order valence-electron chi connectivity index (χ3n) is 9.05. The molecule has 24 heteroatoms. The van der Waals surface area contributed by atoms with Crippen molar-refractivity contribution in [1.82, 2.24) is 19.3 Å². The number of carbonyl (C=O) groups is 1. The zero-order valence-electron chi connectivity index (χ0n) is 36.2. The van der Waals surface area contributed by atoms with Crippen LogP contribution in [0.5, 0.6) is 23.0 Å². The number of aliphatic carboxylic acids is 1. The van der Waals surface area contributed by atoms with Gasteiger partial charge in [-0.05, 0) is 99.5 Å². The van der Waals surface area contributed by atoms with Gasteiger partial charge in [0, 0.05) is 37.9 Å². The number of piperazine rings is 1. The Bertz CT molecular complexity index is 2600. The molecule has 1 aliphatic heterocycles. The molecule has 7 aromatic rings. The minimum absolute atomic E-state index is 0. The van der Waals surface area contributed by atoms with Crippen LogP contribution in [-0.4, -0.2) is 96.3 Å². The second kappa shape index (κ2) is 30.2. The minimum atomic E-state index is -3.64. The van der Waals surface area contributed by atoms with Gasteiger partial charge in [-0.1, -0.05) is 20.5 Å². The summed E-state index contributed by atoms with van der Waals surface area (Å²) in [5.74, 6) is 1.44. The average Bonchev–Trinajstić information content (AvgIpc) is 4.09. The fourth-order valence-electron chi connectivity index (χ4n) is 6.16. The molecule has 3 N–H and O–H groups in total. The zero-order chi connectivity index (χ0) is 47.1. The van der Waals surface area contributed by atoms with Gasteiger partial charge in [0.2, 0.25) is 27.7 Å². The van der Waals surface area contributed by atoms with E-state index >= 15 is 0 Å². The van der Waals surface area contributed by atoms with Gasteiger partial charge in [-0.25, -0.2) is 28.2 Å². The molecule has 0 unspecified atom stereocenters. The Morgan fingerprint density at radius 1 is 0.721 bits per heavy atom. The number of ether oxygens (including phenoxy) is 2. The van der Waals surface area contributed by atoms with Crippen LogP contribution in [0.2, 0.25) is 0 Å². The molecule has 0 bridgehead atoms. The fraction of sp³-hybridized carbons (Fsp3) is 0.227. The first-order valence-electron chi connectivity index (χ1n) is 19.6. The molecule has 0 spiro atoms. The number of hydrogen-bond donors (Lipinski definition) is 3. The molecule has 1 saturated heterocycles. The second-order valence-corrected chi connectivity index (χ2v) is 51.4. The number of nitrogens with zero attached hydrogens (tertiary/aromatic N) is 5. The number of sulfonamides is 1. The van der Waals surface area contributed by atoms with E-state index in [1.54, 1.807) is 73.1 Å². The third kappa shape index (κ3) is 18.7. The van der Waals surface area contributed by atoms with Gasteiger partial charge in [-0.2, -0.15) is 4.31 Å². The quantitative estimate of drug-likeness (QED) is 0.0811. The van der Waals surface area contributed by atoms with Crippen LogP contribution in [0.25, 0.3) is 34.4 Å². The number of aromatic nitrogens is 3. The van der Waals surface area contributed by atoms with E-state index in [1.807, 2.05) is 50.8 Å². The summed E-state index contributed by atoms with van der Waals surface area (Å²) >= 11 is 7.39. The molecule has 4 heterocycles. The number of benzene rings is 4. The molecule has 1 aliphatic rings. The van der Waals surface area contributed by atoms with E-state index in [-0.39, 0.29) is 83.8 Å². The molecule has 0 radical (unpaired) electrons. The first kappa shape index (κ1) is 61.3. The molecule has 368 valence electrons. The number of carboxylic acids is 1. The Labute approximate surface area is 468 Å². The number of oxazole rings is 3. The normalized spacial score (nSPS) is 12.0. The number of anilines is 1. The van der Waals surface area contributed by atoms with Crippen LogP contribution >= 0.6 is 108 Å². The number of phenols is 2. The summed E-state index contributed by atoms with van der Waals surface area (Å²) in [5.41, 5.74) is 4.57. The van der Waals surface area contributed by atoms with Gasteiger partial charge in [0.25, 0.3) is 0 Å². The summed E-state index contributed by atoms with van der Waals surface area (Å²) in [7, 11) is -3.64. The predicted octanol–water partition coefficient (Wildman–Crippen LogP) is 10.3. The van der Waals surface area contributed by atoms with Crippen molar-refractivity contribution in [3.05, 3.63) is 127 Å². The van der Waals surface area contributed by atoms with Crippen LogP contribution in [0.15, 0.2) is 134 Å². The van der Waals surface area contributed by atoms with Gasteiger partial charge in [0.1, 0.15) is 41.8 Å². The molecular formula is C44H51BI5N5O11SV-. The van der Waals surface area contributed by atoms with Crippen molar-refractivity contribution in [3.8, 4) is 57.4 Å². The van der Waals surface area contributed by atoms with Gasteiger partial charge < -0.3 is 42.9 Å². The second-order valence-electron chi connectivity index (χ2n) is 14.1. The predicted molar refractivity (Wildman–Crippen MR) is 309 cm³/mol. The molecule has 68 heavy (non-hydrogen) atoms. The number of aromatic hydroxyl groups is 2. The van der Waals surface area contributed by atoms with Gasteiger partial charge in [-0.3, -0.25) is 0 Å². The monoisotopic (exact) mass is 1550 g/mol.